The largest absolute Gasteiger partial charge is 0.492 e. The van der Waals surface area contributed by atoms with Gasteiger partial charge in [-0.1, -0.05) is 53.3 Å². The lowest BCUT2D eigenvalue weighted by Gasteiger charge is -2.44. The second-order valence-electron chi connectivity index (χ2n) is 13.8. The molecule has 0 aliphatic carbocycles. The third-order valence-corrected chi connectivity index (χ3v) is 9.19. The first-order chi connectivity index (χ1) is 20.3. The van der Waals surface area contributed by atoms with Crippen molar-refractivity contribution in [3.05, 3.63) is 12.3 Å². The van der Waals surface area contributed by atoms with Crippen LogP contribution in [0.2, 0.25) is 0 Å². The van der Waals surface area contributed by atoms with E-state index in [1.54, 1.807) is 27.9 Å². The lowest BCUT2D eigenvalue weighted by atomic mass is 9.74. The maximum Gasteiger partial charge on any atom is 0.155 e. The van der Waals surface area contributed by atoms with Crippen LogP contribution in [0, 0.1) is 29.6 Å². The minimum Gasteiger partial charge on any atom is -0.492 e. The van der Waals surface area contributed by atoms with E-state index in [9.17, 15) is 15.0 Å². The third-order valence-electron chi connectivity index (χ3n) is 9.19. The van der Waals surface area contributed by atoms with E-state index >= 15 is 0 Å². The predicted molar refractivity (Wildman–Crippen MR) is 174 cm³/mol. The summed E-state index contributed by atoms with van der Waals surface area (Å²) in [6.45, 7) is 26.9. The number of aliphatic hydroxyl groups excluding tert-OH is 1. The van der Waals surface area contributed by atoms with Gasteiger partial charge in [0, 0.05) is 31.4 Å². The predicted octanol–water partition coefficient (Wildman–Crippen LogP) is 5.23. The van der Waals surface area contributed by atoms with Gasteiger partial charge in [-0.2, -0.15) is 0 Å². The van der Waals surface area contributed by atoms with Gasteiger partial charge >= 0.3 is 0 Å². The number of hydrogen-bond donors (Lipinski definition) is 3. The van der Waals surface area contributed by atoms with Crippen LogP contribution in [0.5, 0.6) is 0 Å². The first-order valence-electron chi connectivity index (χ1n) is 16.4. The van der Waals surface area contributed by atoms with E-state index in [4.69, 9.17) is 29.5 Å². The Kier molecular flexibility index (Phi) is 16.0. The second-order valence-corrected chi connectivity index (χ2v) is 13.8. The van der Waals surface area contributed by atoms with Gasteiger partial charge in [0.2, 0.25) is 0 Å². The normalized spacial score (nSPS) is 37.8. The zero-order valence-electron chi connectivity index (χ0n) is 29.8. The standard InChI is InChI=1S/C34H64N2O8/c1-15-28-34(13,39)31(38)24(8)29(36-44-22(6)18-35)20(4)17-33(12,40-14)32(25(9)30(37)23(7)26(10)42-28)43-27(11)41-21(5)16-19(2)3/h19-25,27-28,31-32,38-39H,10,15-18,35H2,1-9,11-14H3/b36-29+/t20-,21?,22-,23?,24?,25+,27?,28-,31?,32-,33-,34-/m1/s1. The molecule has 5 unspecified atom stereocenters. The van der Waals surface area contributed by atoms with Gasteiger partial charge in [-0.25, -0.2) is 0 Å². The molecular formula is C34H64N2O8. The Hall–Kier alpha value is -1.56. The second kappa shape index (κ2) is 17.4. The van der Waals surface area contributed by atoms with Crippen LogP contribution in [-0.2, 0) is 28.6 Å². The Morgan fingerprint density at radius 3 is 2.18 bits per heavy atom. The number of nitrogens with zero attached hydrogens (tertiary/aromatic N) is 1. The van der Waals surface area contributed by atoms with Crippen LogP contribution >= 0.6 is 0 Å². The van der Waals surface area contributed by atoms with Crippen molar-refractivity contribution >= 4 is 11.5 Å². The summed E-state index contributed by atoms with van der Waals surface area (Å²) in [5.74, 6) is -1.81. The average molecular weight is 629 g/mol. The molecule has 44 heavy (non-hydrogen) atoms. The molecule has 1 aliphatic heterocycles. The van der Waals surface area contributed by atoms with Gasteiger partial charge in [-0.05, 0) is 66.7 Å². The first-order valence-corrected chi connectivity index (χ1v) is 16.4. The Labute approximate surface area is 267 Å². The van der Waals surface area contributed by atoms with Gasteiger partial charge < -0.3 is 39.7 Å². The van der Waals surface area contributed by atoms with E-state index in [1.165, 1.54) is 6.92 Å². The number of ether oxygens (including phenoxy) is 4. The number of ketones is 1. The minimum absolute atomic E-state index is 0.0455. The summed E-state index contributed by atoms with van der Waals surface area (Å²) < 4.78 is 25.1. The van der Waals surface area contributed by atoms with Crippen molar-refractivity contribution in [2.75, 3.05) is 13.7 Å². The number of Topliss-reactive ketones (excluding diaryl/α,β-unsaturated/α-hetero) is 1. The smallest absolute Gasteiger partial charge is 0.155 e. The molecule has 12 atom stereocenters. The Morgan fingerprint density at radius 2 is 1.68 bits per heavy atom. The third kappa shape index (κ3) is 10.5. The van der Waals surface area contributed by atoms with Crippen molar-refractivity contribution in [1.29, 1.82) is 0 Å². The van der Waals surface area contributed by atoms with E-state index in [-0.39, 0.29) is 36.2 Å². The molecule has 10 heteroatoms. The van der Waals surface area contributed by atoms with Crippen LogP contribution in [0.15, 0.2) is 17.5 Å². The van der Waals surface area contributed by atoms with Crippen molar-refractivity contribution in [1.82, 2.24) is 0 Å². The maximum absolute atomic E-state index is 14.0. The number of allylic oxidation sites excluding steroid dienone is 1. The van der Waals surface area contributed by atoms with E-state index in [0.717, 1.165) is 6.42 Å². The van der Waals surface area contributed by atoms with Crippen molar-refractivity contribution in [3.63, 3.8) is 0 Å². The topological polar surface area (TPSA) is 142 Å². The highest BCUT2D eigenvalue weighted by Crippen LogP contribution is 2.38. The highest BCUT2D eigenvalue weighted by Gasteiger charge is 2.49. The Bertz CT molecular complexity index is 940. The number of rotatable bonds is 11. The molecule has 0 radical (unpaired) electrons. The quantitative estimate of drug-likeness (QED) is 0.207. The molecule has 1 aliphatic rings. The van der Waals surface area contributed by atoms with Crippen LogP contribution in [0.4, 0.5) is 0 Å². The molecule has 0 aromatic heterocycles. The van der Waals surface area contributed by atoms with Crippen LogP contribution < -0.4 is 5.73 Å². The molecule has 1 fully saturated rings. The fraction of sp³-hybridized carbons (Fsp3) is 0.882. The monoisotopic (exact) mass is 628 g/mol. The molecule has 10 nitrogen and oxygen atoms in total. The molecule has 1 heterocycles. The highest BCUT2D eigenvalue weighted by atomic mass is 16.7. The van der Waals surface area contributed by atoms with Crippen LogP contribution in [0.25, 0.3) is 0 Å². The molecule has 0 bridgehead atoms. The molecule has 1 saturated heterocycles. The molecule has 0 aromatic carbocycles. The summed E-state index contributed by atoms with van der Waals surface area (Å²) in [4.78, 5) is 19.8. The van der Waals surface area contributed by atoms with Gasteiger partial charge in [0.15, 0.2) is 6.29 Å². The number of nitrogens with two attached hydrogens (primary N) is 1. The van der Waals surface area contributed by atoms with E-state index < -0.39 is 53.6 Å². The number of carbonyl (C=O) groups excluding carboxylic acids is 1. The summed E-state index contributed by atoms with van der Waals surface area (Å²) in [5.41, 5.74) is 3.61. The van der Waals surface area contributed by atoms with Gasteiger partial charge in [0.1, 0.15) is 23.6 Å². The number of hydrogen-bond acceptors (Lipinski definition) is 10. The fourth-order valence-corrected chi connectivity index (χ4v) is 6.38. The van der Waals surface area contributed by atoms with Gasteiger partial charge in [0.05, 0.1) is 41.3 Å². The summed E-state index contributed by atoms with van der Waals surface area (Å²) in [7, 11) is 1.60. The molecule has 4 N–H and O–H groups in total. The lowest BCUT2D eigenvalue weighted by molar-refractivity contribution is -0.238. The van der Waals surface area contributed by atoms with Crippen LogP contribution in [0.1, 0.15) is 102 Å². The zero-order chi connectivity index (χ0) is 34.2. The Balaban J connectivity index is 3.78. The summed E-state index contributed by atoms with van der Waals surface area (Å²) in [6.07, 6.45) is -2.29. The average Bonchev–Trinajstić information content (AvgIpc) is 2.95. The first kappa shape index (κ1) is 40.5. The van der Waals surface area contributed by atoms with Crippen molar-refractivity contribution in [3.8, 4) is 0 Å². The van der Waals surface area contributed by atoms with E-state index in [2.05, 4.69) is 25.6 Å². The van der Waals surface area contributed by atoms with Crippen LogP contribution in [-0.4, -0.2) is 83.4 Å². The van der Waals surface area contributed by atoms with E-state index in [1.807, 2.05) is 41.5 Å². The molecule has 0 amide bonds. The summed E-state index contributed by atoms with van der Waals surface area (Å²) in [5, 5.41) is 27.8. The van der Waals surface area contributed by atoms with Gasteiger partial charge in [0.25, 0.3) is 0 Å². The summed E-state index contributed by atoms with van der Waals surface area (Å²) in [6, 6.07) is 0. The number of carbonyl (C=O) groups is 1. The fourth-order valence-electron chi connectivity index (χ4n) is 6.38. The molecule has 258 valence electrons. The number of oxime groups is 1. The molecular weight excluding hydrogens is 564 g/mol. The zero-order valence-corrected chi connectivity index (χ0v) is 29.8. The van der Waals surface area contributed by atoms with Crippen molar-refractivity contribution in [2.24, 2.45) is 40.5 Å². The molecule has 0 aromatic rings. The van der Waals surface area contributed by atoms with Crippen molar-refractivity contribution in [2.45, 2.75) is 150 Å². The molecule has 0 spiro atoms. The maximum atomic E-state index is 14.0. The molecule has 1 rings (SSSR count). The minimum atomic E-state index is -1.70. The lowest BCUT2D eigenvalue weighted by Crippen LogP contribution is -2.56. The van der Waals surface area contributed by atoms with Crippen LogP contribution in [0.3, 0.4) is 0 Å². The highest BCUT2D eigenvalue weighted by molar-refractivity contribution is 5.89. The van der Waals surface area contributed by atoms with Gasteiger partial charge in [-0.15, -0.1) is 0 Å². The van der Waals surface area contributed by atoms with E-state index in [0.29, 0.717) is 24.5 Å². The Morgan fingerprint density at radius 1 is 1.09 bits per heavy atom. The SMILES string of the molecule is C=C1O[C@H](CC)[C@@](C)(O)C(O)C(C)/C(=N/O[C@H](C)CN)[C@H](C)C[C@@](C)(OC)[C@H](OC(C)OC(C)CC(C)C)[C@@H](C)C(=O)C1C. The van der Waals surface area contributed by atoms with Crippen molar-refractivity contribution < 1.29 is 38.8 Å². The molecule has 0 saturated carbocycles. The number of methoxy groups -OCH3 is 1. The number of aliphatic hydroxyl groups is 2. The summed E-state index contributed by atoms with van der Waals surface area (Å²) >= 11 is 0. The van der Waals surface area contributed by atoms with Gasteiger partial charge in [-0.3, -0.25) is 4.79 Å².